The van der Waals surface area contributed by atoms with Crippen LogP contribution >= 0.6 is 23.2 Å². The maximum Gasteiger partial charge on any atom is 0.224 e. The van der Waals surface area contributed by atoms with Crippen LogP contribution in [-0.2, 0) is 9.59 Å². The molecule has 0 saturated carbocycles. The first-order valence-electron chi connectivity index (χ1n) is 10.7. The number of carbonyl (C=O) groups excluding carboxylic acids is 2. The highest BCUT2D eigenvalue weighted by Crippen LogP contribution is 2.47. The topological polar surface area (TPSA) is 62.3 Å². The van der Waals surface area contributed by atoms with Gasteiger partial charge in [-0.2, -0.15) is 0 Å². The molecule has 7 heteroatoms. The van der Waals surface area contributed by atoms with Gasteiger partial charge in [0.05, 0.1) is 27.5 Å². The van der Waals surface area contributed by atoms with Crippen molar-refractivity contribution in [3.05, 3.63) is 99.4 Å². The highest BCUT2D eigenvalue weighted by molar-refractivity contribution is 6.42. The number of carbonyl (C=O) groups is 2. The number of para-hydroxylation sites is 2. The van der Waals surface area contributed by atoms with E-state index in [4.69, 9.17) is 23.2 Å². The molecule has 2 aromatic carbocycles. The van der Waals surface area contributed by atoms with E-state index in [0.717, 1.165) is 28.2 Å². The van der Waals surface area contributed by atoms with Gasteiger partial charge in [0.25, 0.3) is 0 Å². The number of hydrogen-bond donors (Lipinski definition) is 1. The Morgan fingerprint density at radius 1 is 1.03 bits per heavy atom. The highest BCUT2D eigenvalue weighted by atomic mass is 35.5. The van der Waals surface area contributed by atoms with Gasteiger partial charge in [0.15, 0.2) is 5.78 Å². The van der Waals surface area contributed by atoms with Gasteiger partial charge in [-0.15, -0.1) is 0 Å². The SMILES string of the molecule is CC(=O)N1c2ccccc2NC2=C(C(=O)C[C@H](c3ccc(Cl)c(Cl)c3)C2)[C@H]1c1cccnc1. The number of nitrogens with zero attached hydrogens (tertiary/aromatic N) is 2. The smallest absolute Gasteiger partial charge is 0.224 e. The molecular formula is C26H21Cl2N3O2. The van der Waals surface area contributed by atoms with E-state index in [1.54, 1.807) is 23.4 Å². The Balaban J connectivity index is 1.68. The zero-order valence-electron chi connectivity index (χ0n) is 17.9. The molecule has 1 N–H and O–H groups in total. The summed E-state index contributed by atoms with van der Waals surface area (Å²) in [6.45, 7) is 1.53. The van der Waals surface area contributed by atoms with Crippen molar-refractivity contribution >= 4 is 46.3 Å². The lowest BCUT2D eigenvalue weighted by atomic mass is 9.78. The molecule has 1 aromatic heterocycles. The van der Waals surface area contributed by atoms with Crippen LogP contribution < -0.4 is 10.2 Å². The lowest BCUT2D eigenvalue weighted by Gasteiger charge is -2.34. The van der Waals surface area contributed by atoms with Crippen molar-refractivity contribution in [2.24, 2.45) is 0 Å². The number of benzene rings is 2. The van der Waals surface area contributed by atoms with Gasteiger partial charge in [-0.25, -0.2) is 0 Å². The van der Waals surface area contributed by atoms with Gasteiger partial charge < -0.3 is 5.32 Å². The normalized spacial score (nSPS) is 20.0. The molecule has 2 atom stereocenters. The molecule has 0 radical (unpaired) electrons. The van der Waals surface area contributed by atoms with Crippen LogP contribution in [0.5, 0.6) is 0 Å². The largest absolute Gasteiger partial charge is 0.357 e. The number of rotatable bonds is 2. The zero-order valence-corrected chi connectivity index (χ0v) is 19.4. The van der Waals surface area contributed by atoms with Gasteiger partial charge in [-0.05, 0) is 53.8 Å². The van der Waals surface area contributed by atoms with E-state index in [0.29, 0.717) is 28.5 Å². The number of hydrogen-bond acceptors (Lipinski definition) is 4. The van der Waals surface area contributed by atoms with Crippen molar-refractivity contribution in [2.75, 3.05) is 10.2 Å². The van der Waals surface area contributed by atoms with Crippen molar-refractivity contribution in [3.63, 3.8) is 0 Å². The first-order valence-corrected chi connectivity index (χ1v) is 11.5. The molecular weight excluding hydrogens is 457 g/mol. The van der Waals surface area contributed by atoms with E-state index in [1.165, 1.54) is 6.92 Å². The minimum absolute atomic E-state index is 0.00673. The number of nitrogens with one attached hydrogen (secondary N) is 1. The second kappa shape index (κ2) is 8.65. The van der Waals surface area contributed by atoms with E-state index in [-0.39, 0.29) is 17.6 Å². The maximum atomic E-state index is 13.7. The molecule has 0 unspecified atom stereocenters. The molecule has 33 heavy (non-hydrogen) atoms. The summed E-state index contributed by atoms with van der Waals surface area (Å²) in [5, 5.41) is 4.44. The zero-order chi connectivity index (χ0) is 23.1. The fourth-order valence-electron chi connectivity index (χ4n) is 4.79. The van der Waals surface area contributed by atoms with E-state index < -0.39 is 6.04 Å². The second-order valence-corrected chi connectivity index (χ2v) is 9.13. The van der Waals surface area contributed by atoms with Gasteiger partial charge in [0.2, 0.25) is 5.91 Å². The Labute approximate surface area is 202 Å². The van der Waals surface area contributed by atoms with Crippen molar-refractivity contribution in [1.29, 1.82) is 0 Å². The Bertz CT molecular complexity index is 1290. The summed E-state index contributed by atoms with van der Waals surface area (Å²) in [4.78, 5) is 32.6. The fraction of sp³-hybridized carbons (Fsp3) is 0.192. The predicted octanol–water partition coefficient (Wildman–Crippen LogP) is 6.31. The quantitative estimate of drug-likeness (QED) is 0.469. The standard InChI is InChI=1S/C26H21Cl2N3O2/c1-15(32)31-23-7-3-2-6-21(23)30-22-12-18(16-8-9-19(27)20(28)11-16)13-24(33)25(22)26(31)17-5-4-10-29-14-17/h2-11,14,18,26,30H,12-13H2,1H3/t18-,26-/m1/s1. The van der Waals surface area contributed by atoms with Gasteiger partial charge in [0, 0.05) is 37.0 Å². The number of pyridine rings is 1. The average Bonchev–Trinajstić information content (AvgIpc) is 2.96. The second-order valence-electron chi connectivity index (χ2n) is 8.31. The number of halogens is 2. The Kier molecular flexibility index (Phi) is 5.69. The number of anilines is 2. The monoisotopic (exact) mass is 477 g/mol. The molecule has 0 bridgehead atoms. The summed E-state index contributed by atoms with van der Waals surface area (Å²) < 4.78 is 0. The van der Waals surface area contributed by atoms with E-state index in [1.807, 2.05) is 48.5 Å². The number of fused-ring (bicyclic) bond motifs is 1. The summed E-state index contributed by atoms with van der Waals surface area (Å²) >= 11 is 12.4. The van der Waals surface area contributed by atoms with Crippen molar-refractivity contribution < 1.29 is 9.59 Å². The lowest BCUT2D eigenvalue weighted by molar-refractivity contribution is -0.117. The average molecular weight is 478 g/mol. The summed E-state index contributed by atoms with van der Waals surface area (Å²) in [6.07, 6.45) is 4.33. The Morgan fingerprint density at radius 2 is 1.85 bits per heavy atom. The molecule has 1 aliphatic heterocycles. The van der Waals surface area contributed by atoms with Crippen LogP contribution in [0.2, 0.25) is 10.0 Å². The van der Waals surface area contributed by atoms with Crippen LogP contribution in [0.25, 0.3) is 0 Å². The number of aromatic nitrogens is 1. The number of amides is 1. The van der Waals surface area contributed by atoms with Gasteiger partial charge in [-0.3, -0.25) is 19.5 Å². The molecule has 166 valence electrons. The number of Topliss-reactive ketones (excluding diaryl/α,β-unsaturated/α-hetero) is 1. The van der Waals surface area contributed by atoms with Gasteiger partial charge >= 0.3 is 0 Å². The number of ketones is 1. The van der Waals surface area contributed by atoms with Crippen LogP contribution in [0.3, 0.4) is 0 Å². The third kappa shape index (κ3) is 3.92. The van der Waals surface area contributed by atoms with E-state index >= 15 is 0 Å². The molecule has 2 heterocycles. The molecule has 3 aromatic rings. The first-order chi connectivity index (χ1) is 15.9. The highest BCUT2D eigenvalue weighted by Gasteiger charge is 2.40. The Hall–Kier alpha value is -3.15. The van der Waals surface area contributed by atoms with Crippen LogP contribution in [0.1, 0.15) is 42.9 Å². The summed E-state index contributed by atoms with van der Waals surface area (Å²) in [7, 11) is 0. The molecule has 1 aliphatic carbocycles. The van der Waals surface area contributed by atoms with Crippen LogP contribution in [0.4, 0.5) is 11.4 Å². The molecule has 1 amide bonds. The van der Waals surface area contributed by atoms with Gasteiger partial charge in [-0.1, -0.05) is 47.5 Å². The molecule has 2 aliphatic rings. The van der Waals surface area contributed by atoms with Crippen molar-refractivity contribution in [2.45, 2.75) is 31.7 Å². The van der Waals surface area contributed by atoms with Crippen molar-refractivity contribution in [1.82, 2.24) is 4.98 Å². The van der Waals surface area contributed by atoms with Crippen LogP contribution in [0, 0.1) is 0 Å². The molecule has 0 saturated heterocycles. The maximum absolute atomic E-state index is 13.7. The number of allylic oxidation sites excluding steroid dienone is 1. The summed E-state index contributed by atoms with van der Waals surface area (Å²) in [5.74, 6) is -0.205. The molecule has 0 spiro atoms. The third-order valence-corrected chi connectivity index (χ3v) is 6.98. The van der Waals surface area contributed by atoms with Gasteiger partial charge in [0.1, 0.15) is 0 Å². The minimum atomic E-state index is -0.565. The summed E-state index contributed by atoms with van der Waals surface area (Å²) in [6, 6.07) is 16.3. The van der Waals surface area contributed by atoms with Crippen molar-refractivity contribution in [3.8, 4) is 0 Å². The Morgan fingerprint density at radius 3 is 2.58 bits per heavy atom. The fourth-order valence-corrected chi connectivity index (χ4v) is 5.10. The molecule has 0 fully saturated rings. The molecule has 5 rings (SSSR count). The third-order valence-electron chi connectivity index (χ3n) is 6.24. The summed E-state index contributed by atoms with van der Waals surface area (Å²) in [5.41, 5.74) is 4.68. The lowest BCUT2D eigenvalue weighted by Crippen LogP contribution is -2.37. The van der Waals surface area contributed by atoms with Crippen LogP contribution in [0.15, 0.2) is 78.3 Å². The van der Waals surface area contributed by atoms with Crippen LogP contribution in [-0.4, -0.2) is 16.7 Å². The predicted molar refractivity (Wildman–Crippen MR) is 131 cm³/mol. The van der Waals surface area contributed by atoms with E-state index in [2.05, 4.69) is 10.3 Å². The first kappa shape index (κ1) is 21.7. The minimum Gasteiger partial charge on any atom is -0.357 e. The van der Waals surface area contributed by atoms with E-state index in [9.17, 15) is 9.59 Å². The molecule has 5 nitrogen and oxygen atoms in total.